The van der Waals surface area contributed by atoms with E-state index < -0.39 is 12.0 Å². The van der Waals surface area contributed by atoms with Gasteiger partial charge in [0, 0.05) is 23.3 Å². The number of carbonyl (C=O) groups is 2. The van der Waals surface area contributed by atoms with Gasteiger partial charge in [0.25, 0.3) is 5.91 Å². The molecule has 0 spiro atoms. The highest BCUT2D eigenvalue weighted by atomic mass is 16.5. The summed E-state index contributed by atoms with van der Waals surface area (Å²) in [5.74, 6) is -0.0754. The number of nitrogens with zero attached hydrogens (tertiary/aromatic N) is 2. The van der Waals surface area contributed by atoms with Gasteiger partial charge in [-0.1, -0.05) is 109 Å². The van der Waals surface area contributed by atoms with Gasteiger partial charge in [-0.2, -0.15) is 0 Å². The average molecular weight is 577 g/mol. The van der Waals surface area contributed by atoms with E-state index in [1.165, 1.54) is 0 Å². The number of fused-ring (bicyclic) bond motifs is 2. The monoisotopic (exact) mass is 576 g/mol. The van der Waals surface area contributed by atoms with Crippen LogP contribution < -0.4 is 9.64 Å². The summed E-state index contributed by atoms with van der Waals surface area (Å²) in [6, 6.07) is 44.3. The van der Waals surface area contributed by atoms with Crippen LogP contribution >= 0.6 is 0 Å². The molecule has 5 nitrogen and oxygen atoms in total. The molecule has 3 atom stereocenters. The zero-order valence-corrected chi connectivity index (χ0v) is 24.3. The number of benzene rings is 5. The zero-order chi connectivity index (χ0) is 29.9. The molecule has 0 N–H and O–H groups in total. The minimum atomic E-state index is -0.652. The van der Waals surface area contributed by atoms with Gasteiger partial charge in [-0.15, -0.1) is 0 Å². The molecule has 1 aliphatic heterocycles. The second-order valence-electron chi connectivity index (χ2n) is 11.3. The number of anilines is 1. The fourth-order valence-electron chi connectivity index (χ4n) is 6.52. The van der Waals surface area contributed by atoms with Gasteiger partial charge < -0.3 is 4.74 Å². The van der Waals surface area contributed by atoms with Crippen molar-refractivity contribution in [2.75, 3.05) is 4.90 Å². The van der Waals surface area contributed by atoms with Gasteiger partial charge in [-0.3, -0.25) is 19.5 Å². The highest BCUT2D eigenvalue weighted by Crippen LogP contribution is 2.49. The van der Waals surface area contributed by atoms with E-state index >= 15 is 0 Å². The first kappa shape index (κ1) is 27.5. The zero-order valence-electron chi connectivity index (χ0n) is 24.3. The van der Waals surface area contributed by atoms with Crippen LogP contribution in [-0.4, -0.2) is 17.4 Å². The molecule has 44 heavy (non-hydrogen) atoms. The van der Waals surface area contributed by atoms with Crippen molar-refractivity contribution >= 4 is 28.8 Å². The lowest BCUT2D eigenvalue weighted by Gasteiger charge is -2.39. The quantitative estimate of drug-likeness (QED) is 0.204. The molecule has 5 heteroatoms. The van der Waals surface area contributed by atoms with Crippen molar-refractivity contribution in [1.82, 2.24) is 0 Å². The van der Waals surface area contributed by atoms with Crippen LogP contribution in [0.15, 0.2) is 145 Å². The van der Waals surface area contributed by atoms with Crippen LogP contribution in [0.1, 0.15) is 51.8 Å². The lowest BCUT2D eigenvalue weighted by Crippen LogP contribution is -2.45. The molecule has 0 saturated heterocycles. The lowest BCUT2D eigenvalue weighted by molar-refractivity contribution is -0.122. The second kappa shape index (κ2) is 12.1. The van der Waals surface area contributed by atoms with Gasteiger partial charge in [-0.25, -0.2) is 0 Å². The summed E-state index contributed by atoms with van der Waals surface area (Å²) in [4.78, 5) is 36.0. The van der Waals surface area contributed by atoms with Crippen molar-refractivity contribution in [1.29, 1.82) is 0 Å². The standard InChI is InChI=1S/C39H32N2O3/c42-35-25-30(28-16-6-2-7-17-28)24-33-37(35)38(31-20-10-13-23-36(31)44-26-27-14-4-1-5-15-27)41(34-22-12-11-21-32(34)40-33)39(43)29-18-8-3-9-19-29/h1-23,30,37-38H,24-26H2. The summed E-state index contributed by atoms with van der Waals surface area (Å²) in [5, 5.41) is 0. The van der Waals surface area contributed by atoms with Crippen LogP contribution in [0.3, 0.4) is 0 Å². The smallest absolute Gasteiger partial charge is 0.258 e. The number of rotatable bonds is 6. The van der Waals surface area contributed by atoms with Crippen molar-refractivity contribution in [3.05, 3.63) is 162 Å². The van der Waals surface area contributed by atoms with Gasteiger partial charge in [0.05, 0.1) is 23.3 Å². The normalized spacial score (nSPS) is 19.3. The summed E-state index contributed by atoms with van der Waals surface area (Å²) in [5.41, 5.74) is 5.65. The third-order valence-electron chi connectivity index (χ3n) is 8.59. The van der Waals surface area contributed by atoms with Crippen LogP contribution in [0.25, 0.3) is 0 Å². The van der Waals surface area contributed by atoms with Gasteiger partial charge in [0.15, 0.2) is 0 Å². The predicted octanol–water partition coefficient (Wildman–Crippen LogP) is 8.50. The van der Waals surface area contributed by atoms with Gasteiger partial charge >= 0.3 is 0 Å². The van der Waals surface area contributed by atoms with Crippen molar-refractivity contribution in [3.63, 3.8) is 0 Å². The molecule has 1 saturated carbocycles. The Morgan fingerprint density at radius 2 is 1.36 bits per heavy atom. The lowest BCUT2D eigenvalue weighted by atomic mass is 9.72. The summed E-state index contributed by atoms with van der Waals surface area (Å²) in [6.07, 6.45) is 1.01. The van der Waals surface area contributed by atoms with E-state index in [4.69, 9.17) is 9.73 Å². The molecule has 1 aliphatic carbocycles. The number of carbonyl (C=O) groups excluding carboxylic acids is 2. The van der Waals surface area contributed by atoms with E-state index in [0.29, 0.717) is 42.1 Å². The number of aliphatic imine (C=N–C) groups is 1. The van der Waals surface area contributed by atoms with E-state index in [9.17, 15) is 9.59 Å². The Hall–Kier alpha value is -5.29. The van der Waals surface area contributed by atoms with Gasteiger partial charge in [0.1, 0.15) is 18.1 Å². The van der Waals surface area contributed by atoms with Crippen LogP contribution in [0.4, 0.5) is 11.4 Å². The number of hydrogen-bond acceptors (Lipinski definition) is 4. The number of amides is 1. The molecule has 1 amide bonds. The van der Waals surface area contributed by atoms with E-state index in [2.05, 4.69) is 12.1 Å². The van der Waals surface area contributed by atoms with Crippen molar-refractivity contribution in [2.24, 2.45) is 10.9 Å². The van der Waals surface area contributed by atoms with E-state index in [1.807, 2.05) is 127 Å². The molecule has 3 unspecified atom stereocenters. The third kappa shape index (κ3) is 5.33. The maximum absolute atomic E-state index is 14.6. The first-order valence-electron chi connectivity index (χ1n) is 15.1. The number of ether oxygens (including phenoxy) is 1. The Kier molecular flexibility index (Phi) is 7.60. The number of para-hydroxylation sites is 3. The molecular weight excluding hydrogens is 544 g/mol. The number of ketones is 1. The molecule has 1 fully saturated rings. The summed E-state index contributed by atoms with van der Waals surface area (Å²) in [7, 11) is 0. The Labute approximate surface area is 257 Å². The number of hydrogen-bond donors (Lipinski definition) is 0. The highest BCUT2D eigenvalue weighted by molar-refractivity contribution is 6.15. The van der Waals surface area contributed by atoms with E-state index in [1.54, 1.807) is 4.90 Å². The Morgan fingerprint density at radius 1 is 0.727 bits per heavy atom. The summed E-state index contributed by atoms with van der Waals surface area (Å²) in [6.45, 7) is 0.365. The van der Waals surface area contributed by atoms with Crippen molar-refractivity contribution in [3.8, 4) is 5.75 Å². The predicted molar refractivity (Wildman–Crippen MR) is 174 cm³/mol. The Bertz CT molecular complexity index is 1820. The molecule has 2 aliphatic rings. The van der Waals surface area contributed by atoms with Gasteiger partial charge in [-0.05, 0) is 53.8 Å². The topological polar surface area (TPSA) is 59.0 Å². The molecular formula is C39H32N2O3. The van der Waals surface area contributed by atoms with E-state index in [-0.39, 0.29) is 17.6 Å². The minimum Gasteiger partial charge on any atom is -0.489 e. The maximum atomic E-state index is 14.6. The first-order valence-corrected chi connectivity index (χ1v) is 15.1. The third-order valence-corrected chi connectivity index (χ3v) is 8.59. The fraction of sp³-hybridized carbons (Fsp3) is 0.154. The van der Waals surface area contributed by atoms with Crippen LogP contribution in [-0.2, 0) is 11.4 Å². The molecule has 5 aromatic rings. The van der Waals surface area contributed by atoms with Crippen LogP contribution in [0.2, 0.25) is 0 Å². The molecule has 0 radical (unpaired) electrons. The first-order chi connectivity index (χ1) is 21.7. The molecule has 0 aromatic heterocycles. The highest BCUT2D eigenvalue weighted by Gasteiger charge is 2.47. The maximum Gasteiger partial charge on any atom is 0.258 e. The van der Waals surface area contributed by atoms with E-state index in [0.717, 1.165) is 22.4 Å². The van der Waals surface area contributed by atoms with Crippen molar-refractivity contribution in [2.45, 2.75) is 31.4 Å². The van der Waals surface area contributed by atoms with Crippen LogP contribution in [0.5, 0.6) is 5.75 Å². The SMILES string of the molecule is O=C1CC(c2ccccc2)CC2=Nc3ccccc3N(C(=O)c3ccccc3)C(c3ccccc3OCc3ccccc3)C12. The molecule has 7 rings (SSSR count). The largest absolute Gasteiger partial charge is 0.489 e. The molecule has 1 heterocycles. The molecule has 216 valence electrons. The van der Waals surface area contributed by atoms with Gasteiger partial charge in [0.2, 0.25) is 0 Å². The minimum absolute atomic E-state index is 0.0208. The fourth-order valence-corrected chi connectivity index (χ4v) is 6.52. The van der Waals surface area contributed by atoms with Crippen molar-refractivity contribution < 1.29 is 14.3 Å². The van der Waals surface area contributed by atoms with Crippen LogP contribution in [0, 0.1) is 5.92 Å². The molecule has 5 aromatic carbocycles. The summed E-state index contributed by atoms with van der Waals surface area (Å²) < 4.78 is 6.46. The molecule has 0 bridgehead atoms. The Balaban J connectivity index is 1.39. The second-order valence-corrected chi connectivity index (χ2v) is 11.3. The number of Topliss-reactive ketones (excluding diaryl/α,β-unsaturated/α-hetero) is 1. The average Bonchev–Trinajstić information content (AvgIpc) is 3.23. The summed E-state index contributed by atoms with van der Waals surface area (Å²) >= 11 is 0. The Morgan fingerprint density at radius 3 is 2.14 bits per heavy atom.